The molecular weight excluding hydrogens is 209 g/mol. The number of rotatable bonds is 0. The van der Waals surface area contributed by atoms with Crippen LogP contribution in [0.4, 0.5) is 9.59 Å². The van der Waals surface area contributed by atoms with Crippen LogP contribution in [-0.4, -0.2) is 17.4 Å². The summed E-state index contributed by atoms with van der Waals surface area (Å²) in [6, 6.07) is 0. The molecule has 6 nitrogen and oxygen atoms in total. The van der Waals surface area contributed by atoms with E-state index >= 15 is 0 Å². The van der Waals surface area contributed by atoms with E-state index in [-0.39, 0.29) is 32.7 Å². The van der Waals surface area contributed by atoms with Crippen LogP contribution < -0.4 is 15.3 Å². The molecule has 0 unspecified atom stereocenters. The molecule has 0 bridgehead atoms. The summed E-state index contributed by atoms with van der Waals surface area (Å²) >= 11 is 0. The quantitative estimate of drug-likeness (QED) is 0.441. The van der Waals surface area contributed by atoms with Crippen LogP contribution in [0.1, 0.15) is 0 Å². The molecule has 0 saturated carbocycles. The van der Waals surface area contributed by atoms with Gasteiger partial charge in [0.25, 0.3) is 0 Å². The standard InChI is InChI=1S/2CH2O3.Y/c2*2-1(3)4;/h2*(H2,2,3,4);/q;;+3/p-3. The van der Waals surface area contributed by atoms with Crippen molar-refractivity contribution in [1.29, 1.82) is 0 Å². The second-order valence-electron chi connectivity index (χ2n) is 0.516. The average molecular weight is 210 g/mol. The number of carbonyl (C=O) groups is 2. The van der Waals surface area contributed by atoms with Crippen molar-refractivity contribution in [3.05, 3.63) is 0 Å². The third kappa shape index (κ3) is 1920. The first-order chi connectivity index (χ1) is 3.46. The molecule has 0 aliphatic rings. The Balaban J connectivity index is -0.0000000720. The Bertz CT molecular complexity index is 69.1. The molecule has 0 atom stereocenters. The summed E-state index contributed by atoms with van der Waals surface area (Å²) in [7, 11) is 0. The number of carboxylic acid groups (broad SMARTS) is 4. The first-order valence-electron chi connectivity index (χ1n) is 1.24. The van der Waals surface area contributed by atoms with Crippen LogP contribution in [0, 0.1) is 0 Å². The largest absolute Gasteiger partial charge is 3.00 e. The van der Waals surface area contributed by atoms with Gasteiger partial charge < -0.3 is 30.0 Å². The second-order valence-corrected chi connectivity index (χ2v) is 0.516. The van der Waals surface area contributed by atoms with Gasteiger partial charge in [-0.3, -0.25) is 0 Å². The van der Waals surface area contributed by atoms with E-state index in [4.69, 9.17) is 30.0 Å². The topological polar surface area (TPSA) is 124 Å². The molecule has 0 rings (SSSR count). The molecule has 0 heterocycles. The van der Waals surface area contributed by atoms with E-state index in [1.807, 2.05) is 0 Å². The minimum absolute atomic E-state index is 0. The van der Waals surface area contributed by atoms with Gasteiger partial charge in [-0.05, 0) is 6.16 Å². The first-order valence-corrected chi connectivity index (χ1v) is 1.24. The molecule has 0 aromatic rings. The smallest absolute Gasteiger partial charge is 0.652 e. The molecule has 7 heteroatoms. The van der Waals surface area contributed by atoms with E-state index in [1.54, 1.807) is 0 Å². The van der Waals surface area contributed by atoms with Gasteiger partial charge >= 0.3 is 32.7 Å². The molecule has 0 aliphatic heterocycles. The van der Waals surface area contributed by atoms with Crippen LogP contribution in [0.2, 0.25) is 0 Å². The van der Waals surface area contributed by atoms with Crippen molar-refractivity contribution in [1.82, 2.24) is 0 Å². The molecular formula is C2HO6Y. The summed E-state index contributed by atoms with van der Waals surface area (Å²) in [4.78, 5) is 16.8. The van der Waals surface area contributed by atoms with Crippen molar-refractivity contribution in [2.24, 2.45) is 0 Å². The zero-order chi connectivity index (χ0) is 7.15. The number of hydrogen-bond acceptors (Lipinski definition) is 5. The predicted octanol–water partition coefficient (Wildman–Crippen LogP) is -3.56. The molecule has 0 fully saturated rings. The zero-order valence-electron chi connectivity index (χ0n) is 4.07. The predicted molar refractivity (Wildman–Crippen MR) is 13.4 cm³/mol. The maximum Gasteiger partial charge on any atom is 3.00 e. The minimum atomic E-state index is -2.33. The van der Waals surface area contributed by atoms with Gasteiger partial charge in [-0.1, -0.05) is 0 Å². The van der Waals surface area contributed by atoms with Crippen LogP contribution in [0.5, 0.6) is 0 Å². The van der Waals surface area contributed by atoms with Crippen LogP contribution in [0.3, 0.4) is 0 Å². The molecule has 0 aromatic heterocycles. The van der Waals surface area contributed by atoms with Crippen molar-refractivity contribution < 1.29 is 62.7 Å². The SMILES string of the molecule is O=C([O-])O.O=C([O-])[O-].[Y+3]. The van der Waals surface area contributed by atoms with Crippen molar-refractivity contribution in [2.75, 3.05) is 0 Å². The van der Waals surface area contributed by atoms with Crippen LogP contribution in [0.25, 0.3) is 0 Å². The molecule has 9 heavy (non-hydrogen) atoms. The van der Waals surface area contributed by atoms with Crippen molar-refractivity contribution >= 4 is 12.3 Å². The summed E-state index contributed by atoms with van der Waals surface area (Å²) in [5.74, 6) is 0. The van der Waals surface area contributed by atoms with Gasteiger partial charge in [0, 0.05) is 0 Å². The van der Waals surface area contributed by atoms with Crippen LogP contribution in [0.15, 0.2) is 0 Å². The first kappa shape index (κ1) is 15.9. The Labute approximate surface area is 75.0 Å². The van der Waals surface area contributed by atoms with E-state index in [2.05, 4.69) is 0 Å². The van der Waals surface area contributed by atoms with Gasteiger partial charge in [0.15, 0.2) is 0 Å². The molecule has 48 valence electrons. The van der Waals surface area contributed by atoms with Gasteiger partial charge in [0.05, 0.1) is 0 Å². The third-order valence-electron chi connectivity index (χ3n) is 0. The van der Waals surface area contributed by atoms with Gasteiger partial charge in [-0.15, -0.1) is 0 Å². The van der Waals surface area contributed by atoms with E-state index in [0.29, 0.717) is 0 Å². The Morgan fingerprint density at radius 3 is 1.11 bits per heavy atom. The fourth-order valence-electron chi connectivity index (χ4n) is 0. The van der Waals surface area contributed by atoms with Crippen LogP contribution in [-0.2, 0) is 32.7 Å². The molecule has 0 aromatic carbocycles. The fourth-order valence-corrected chi connectivity index (χ4v) is 0. The Morgan fingerprint density at radius 2 is 1.11 bits per heavy atom. The Hall–Kier alpha value is -0.356. The molecule has 0 saturated heterocycles. The molecule has 0 radical (unpaired) electrons. The van der Waals surface area contributed by atoms with E-state index in [0.717, 1.165) is 0 Å². The Morgan fingerprint density at radius 1 is 1.11 bits per heavy atom. The molecule has 0 aliphatic carbocycles. The van der Waals surface area contributed by atoms with Crippen LogP contribution >= 0.6 is 0 Å². The normalized spacial score (nSPS) is 5.33. The number of carbonyl (C=O) groups excluding carboxylic acids is 1. The maximum absolute atomic E-state index is 8.44. The summed E-state index contributed by atoms with van der Waals surface area (Å²) < 4.78 is 0. The van der Waals surface area contributed by atoms with Gasteiger partial charge in [-0.25, -0.2) is 0 Å². The van der Waals surface area contributed by atoms with Gasteiger partial charge in [-0.2, -0.15) is 0 Å². The third-order valence-corrected chi connectivity index (χ3v) is 0. The van der Waals surface area contributed by atoms with Crippen molar-refractivity contribution in [2.45, 2.75) is 0 Å². The van der Waals surface area contributed by atoms with Gasteiger partial charge in [0.2, 0.25) is 6.16 Å². The second kappa shape index (κ2) is 10.6. The molecule has 0 amide bonds. The van der Waals surface area contributed by atoms with Crippen molar-refractivity contribution in [3.63, 3.8) is 0 Å². The summed E-state index contributed by atoms with van der Waals surface area (Å²) in [5, 5.41) is 32.0. The Kier molecular flexibility index (Phi) is 18.7. The van der Waals surface area contributed by atoms with Gasteiger partial charge in [0.1, 0.15) is 0 Å². The van der Waals surface area contributed by atoms with E-state index in [1.165, 1.54) is 0 Å². The zero-order valence-corrected chi connectivity index (χ0v) is 6.90. The number of hydrogen-bond donors (Lipinski definition) is 1. The summed E-state index contributed by atoms with van der Waals surface area (Å²) in [6.07, 6.45) is -4.42. The fraction of sp³-hybridized carbons (Fsp3) is 0. The molecule has 1 N–H and O–H groups in total. The molecule has 0 spiro atoms. The summed E-state index contributed by atoms with van der Waals surface area (Å²) in [6.45, 7) is 0. The average Bonchev–Trinajstić information content (AvgIpc) is 1.25. The minimum Gasteiger partial charge on any atom is -0.652 e. The van der Waals surface area contributed by atoms with Crippen molar-refractivity contribution in [3.8, 4) is 0 Å². The maximum atomic E-state index is 8.44. The van der Waals surface area contributed by atoms with E-state index < -0.39 is 12.3 Å². The van der Waals surface area contributed by atoms with E-state index in [9.17, 15) is 0 Å². The monoisotopic (exact) mass is 210 g/mol. The summed E-state index contributed by atoms with van der Waals surface area (Å²) in [5.41, 5.74) is 0.